The summed E-state index contributed by atoms with van der Waals surface area (Å²) in [5.41, 5.74) is 2.96. The van der Waals surface area contributed by atoms with E-state index >= 15 is 0 Å². The number of nitrogens with zero attached hydrogens (tertiary/aromatic N) is 1. The Bertz CT molecular complexity index is 655. The summed E-state index contributed by atoms with van der Waals surface area (Å²) in [5, 5.41) is 2.98. The number of hydrogen-bond donors (Lipinski definition) is 1. The first-order valence-electron chi connectivity index (χ1n) is 8.46. The van der Waals surface area contributed by atoms with E-state index in [0.717, 1.165) is 37.2 Å². The molecular formula is C20H24N2O2. The largest absolute Gasteiger partial charge is 0.375 e. The van der Waals surface area contributed by atoms with Crippen LogP contribution in [0.1, 0.15) is 16.8 Å². The van der Waals surface area contributed by atoms with Crippen LogP contribution in [0.2, 0.25) is 0 Å². The second-order valence-corrected chi connectivity index (χ2v) is 6.24. The van der Waals surface area contributed by atoms with Gasteiger partial charge in [0.1, 0.15) is 0 Å². The lowest BCUT2D eigenvalue weighted by atomic mass is 10.0. The lowest BCUT2D eigenvalue weighted by molar-refractivity contribution is -0.0226. The molecule has 4 nitrogen and oxygen atoms in total. The van der Waals surface area contributed by atoms with Gasteiger partial charge < -0.3 is 15.0 Å². The van der Waals surface area contributed by atoms with Gasteiger partial charge in [0, 0.05) is 25.2 Å². The highest BCUT2D eigenvalue weighted by Gasteiger charge is 2.17. The van der Waals surface area contributed by atoms with Crippen molar-refractivity contribution < 1.29 is 9.53 Å². The average Bonchev–Trinajstić information content (AvgIpc) is 2.63. The number of carbonyl (C=O) groups excluding carboxylic acids is 1. The van der Waals surface area contributed by atoms with Gasteiger partial charge in [-0.05, 0) is 36.7 Å². The fourth-order valence-electron chi connectivity index (χ4n) is 2.93. The minimum atomic E-state index is -0.0289. The van der Waals surface area contributed by atoms with E-state index in [0.29, 0.717) is 12.1 Å². The molecule has 1 N–H and O–H groups in total. The minimum absolute atomic E-state index is 0.0289. The van der Waals surface area contributed by atoms with Crippen LogP contribution in [0.25, 0.3) is 11.1 Å². The number of ether oxygens (including phenoxy) is 1. The van der Waals surface area contributed by atoms with Crippen LogP contribution in [0.3, 0.4) is 0 Å². The Kier molecular flexibility index (Phi) is 5.62. The van der Waals surface area contributed by atoms with Gasteiger partial charge in [0.05, 0.1) is 12.7 Å². The van der Waals surface area contributed by atoms with Gasteiger partial charge in [-0.15, -0.1) is 0 Å². The highest BCUT2D eigenvalue weighted by molar-refractivity contribution is 5.94. The number of rotatable bonds is 5. The van der Waals surface area contributed by atoms with Crippen molar-refractivity contribution in [2.75, 3.05) is 33.3 Å². The molecule has 4 heteroatoms. The third-order valence-electron chi connectivity index (χ3n) is 4.35. The average molecular weight is 324 g/mol. The maximum absolute atomic E-state index is 12.2. The number of benzene rings is 2. The number of hydrogen-bond acceptors (Lipinski definition) is 3. The van der Waals surface area contributed by atoms with Crippen LogP contribution < -0.4 is 5.32 Å². The summed E-state index contributed by atoms with van der Waals surface area (Å²) in [5.74, 6) is -0.0289. The van der Waals surface area contributed by atoms with Crippen molar-refractivity contribution in [3.8, 4) is 11.1 Å². The van der Waals surface area contributed by atoms with E-state index in [4.69, 9.17) is 4.74 Å². The lowest BCUT2D eigenvalue weighted by Crippen LogP contribution is -2.41. The van der Waals surface area contributed by atoms with Crippen LogP contribution in [0.4, 0.5) is 0 Å². The highest BCUT2D eigenvalue weighted by atomic mass is 16.5. The van der Waals surface area contributed by atoms with Gasteiger partial charge in [-0.3, -0.25) is 4.79 Å². The minimum Gasteiger partial charge on any atom is -0.375 e. The van der Waals surface area contributed by atoms with Crippen molar-refractivity contribution in [2.24, 2.45) is 0 Å². The normalized spacial score (nSPS) is 18.3. The van der Waals surface area contributed by atoms with E-state index < -0.39 is 0 Å². The standard InChI is InChI=1S/C20H24N2O2/c1-22-13-14-24-19(15-22)11-12-21-20(23)18-9-7-17(8-10-18)16-5-3-2-4-6-16/h2-10,19H,11-15H2,1H3,(H,21,23). The molecule has 1 atom stereocenters. The zero-order chi connectivity index (χ0) is 16.8. The molecule has 0 spiro atoms. The quantitative estimate of drug-likeness (QED) is 0.919. The Labute approximate surface area is 143 Å². The van der Waals surface area contributed by atoms with E-state index in [9.17, 15) is 4.79 Å². The zero-order valence-electron chi connectivity index (χ0n) is 14.1. The Balaban J connectivity index is 1.50. The molecule has 1 unspecified atom stereocenters. The second kappa shape index (κ2) is 8.08. The molecule has 1 saturated heterocycles. The molecule has 0 radical (unpaired) electrons. The third kappa shape index (κ3) is 4.43. The molecule has 0 aliphatic carbocycles. The van der Waals surface area contributed by atoms with Crippen LogP contribution >= 0.6 is 0 Å². The van der Waals surface area contributed by atoms with E-state index in [2.05, 4.69) is 29.4 Å². The molecule has 3 rings (SSSR count). The van der Waals surface area contributed by atoms with Crippen LogP contribution in [0.5, 0.6) is 0 Å². The molecule has 0 aromatic heterocycles. The summed E-state index contributed by atoms with van der Waals surface area (Å²) in [6, 6.07) is 17.9. The number of nitrogens with one attached hydrogen (secondary N) is 1. The van der Waals surface area contributed by atoms with E-state index in [-0.39, 0.29) is 12.0 Å². The molecule has 1 aliphatic heterocycles. The number of likely N-dealkylation sites (N-methyl/N-ethyl adjacent to an activating group) is 1. The molecular weight excluding hydrogens is 300 g/mol. The summed E-state index contributed by atoms with van der Waals surface area (Å²) in [7, 11) is 2.10. The predicted octanol–water partition coefficient (Wildman–Crippen LogP) is 2.80. The van der Waals surface area contributed by atoms with Crippen molar-refractivity contribution in [2.45, 2.75) is 12.5 Å². The molecule has 0 saturated carbocycles. The van der Waals surface area contributed by atoms with E-state index in [1.807, 2.05) is 42.5 Å². The maximum Gasteiger partial charge on any atom is 0.251 e. The lowest BCUT2D eigenvalue weighted by Gasteiger charge is -2.30. The molecule has 126 valence electrons. The van der Waals surface area contributed by atoms with Gasteiger partial charge in [0.15, 0.2) is 0 Å². The van der Waals surface area contributed by atoms with Gasteiger partial charge in [-0.2, -0.15) is 0 Å². The fraction of sp³-hybridized carbons (Fsp3) is 0.350. The number of amides is 1. The Morgan fingerprint density at radius 3 is 2.54 bits per heavy atom. The van der Waals surface area contributed by atoms with Crippen LogP contribution in [0, 0.1) is 0 Å². The summed E-state index contributed by atoms with van der Waals surface area (Å²) in [6.07, 6.45) is 1.06. The molecule has 2 aromatic carbocycles. The van der Waals surface area contributed by atoms with Crippen molar-refractivity contribution in [1.29, 1.82) is 0 Å². The topological polar surface area (TPSA) is 41.6 Å². The molecule has 2 aromatic rings. The molecule has 1 aliphatic rings. The van der Waals surface area contributed by atoms with Crippen molar-refractivity contribution in [1.82, 2.24) is 10.2 Å². The Morgan fingerprint density at radius 2 is 1.83 bits per heavy atom. The predicted molar refractivity (Wildman–Crippen MR) is 96.1 cm³/mol. The number of morpholine rings is 1. The van der Waals surface area contributed by atoms with Crippen molar-refractivity contribution in [3.05, 3.63) is 60.2 Å². The summed E-state index contributed by atoms with van der Waals surface area (Å²) < 4.78 is 5.71. The van der Waals surface area contributed by atoms with E-state index in [1.54, 1.807) is 0 Å². The van der Waals surface area contributed by atoms with Crippen LogP contribution in [0.15, 0.2) is 54.6 Å². The molecule has 1 fully saturated rings. The summed E-state index contributed by atoms with van der Waals surface area (Å²) in [4.78, 5) is 14.5. The first kappa shape index (κ1) is 16.7. The monoisotopic (exact) mass is 324 g/mol. The Hall–Kier alpha value is -2.17. The smallest absolute Gasteiger partial charge is 0.251 e. The molecule has 1 heterocycles. The number of carbonyl (C=O) groups is 1. The highest BCUT2D eigenvalue weighted by Crippen LogP contribution is 2.19. The molecule has 1 amide bonds. The van der Waals surface area contributed by atoms with Gasteiger partial charge >= 0.3 is 0 Å². The van der Waals surface area contributed by atoms with E-state index in [1.165, 1.54) is 0 Å². The van der Waals surface area contributed by atoms with Crippen molar-refractivity contribution >= 4 is 5.91 Å². The SMILES string of the molecule is CN1CCOC(CCNC(=O)c2ccc(-c3ccccc3)cc2)C1. The first-order valence-corrected chi connectivity index (χ1v) is 8.46. The first-order chi connectivity index (χ1) is 11.7. The third-order valence-corrected chi connectivity index (χ3v) is 4.35. The molecule has 24 heavy (non-hydrogen) atoms. The fourth-order valence-corrected chi connectivity index (χ4v) is 2.93. The maximum atomic E-state index is 12.2. The summed E-state index contributed by atoms with van der Waals surface area (Å²) in [6.45, 7) is 3.33. The summed E-state index contributed by atoms with van der Waals surface area (Å²) >= 11 is 0. The van der Waals surface area contributed by atoms with Crippen LogP contribution in [-0.4, -0.2) is 50.2 Å². The van der Waals surface area contributed by atoms with Gasteiger partial charge in [0.25, 0.3) is 5.91 Å². The zero-order valence-corrected chi connectivity index (χ0v) is 14.1. The second-order valence-electron chi connectivity index (χ2n) is 6.24. The molecule has 0 bridgehead atoms. The van der Waals surface area contributed by atoms with Gasteiger partial charge in [-0.1, -0.05) is 42.5 Å². The van der Waals surface area contributed by atoms with Crippen LogP contribution in [-0.2, 0) is 4.74 Å². The van der Waals surface area contributed by atoms with Gasteiger partial charge in [-0.25, -0.2) is 0 Å². The van der Waals surface area contributed by atoms with Gasteiger partial charge in [0.2, 0.25) is 0 Å². The Morgan fingerprint density at radius 1 is 1.12 bits per heavy atom. The van der Waals surface area contributed by atoms with Crippen molar-refractivity contribution in [3.63, 3.8) is 0 Å².